The van der Waals surface area contributed by atoms with Gasteiger partial charge in [0.05, 0.1) is 12.0 Å². The van der Waals surface area contributed by atoms with Crippen LogP contribution in [0.3, 0.4) is 0 Å². The van der Waals surface area contributed by atoms with Gasteiger partial charge in [0.15, 0.2) is 5.13 Å². The molecule has 1 aromatic rings. The largest absolute Gasteiger partial charge is 0.480 e. The minimum Gasteiger partial charge on any atom is -0.480 e. The van der Waals surface area contributed by atoms with Crippen molar-refractivity contribution in [1.29, 1.82) is 0 Å². The van der Waals surface area contributed by atoms with E-state index in [2.05, 4.69) is 10.3 Å². The summed E-state index contributed by atoms with van der Waals surface area (Å²) >= 11 is 1.62. The first-order valence-electron chi connectivity index (χ1n) is 6.19. The molecule has 0 spiro atoms. The Labute approximate surface area is 121 Å². The molecule has 1 heterocycles. The van der Waals surface area contributed by atoms with Crippen molar-refractivity contribution in [3.63, 3.8) is 0 Å². The van der Waals surface area contributed by atoms with E-state index in [1.54, 1.807) is 24.7 Å². The lowest BCUT2D eigenvalue weighted by molar-refractivity contribution is 0.394. The molecular weight excluding hydrogens is 282 g/mol. The fraction of sp³-hybridized carbons (Fsp3) is 0.750. The molecule has 1 N–H and O–H groups in total. The quantitative estimate of drug-likeness (QED) is 0.737. The van der Waals surface area contributed by atoms with Crippen LogP contribution in [0.1, 0.15) is 18.2 Å². The Bertz CT molecular complexity index is 421. The standard InChI is InChI=1S/C12H23N3O2S2/c1-9(19(5)16)6-7-13-8-10-11(17-4)14-12(18-10)15(2)3/h9,13H,6-8H2,1-5H3. The molecule has 0 aromatic carbocycles. The van der Waals surface area contributed by atoms with Gasteiger partial charge in [-0.15, -0.1) is 0 Å². The van der Waals surface area contributed by atoms with Gasteiger partial charge >= 0.3 is 0 Å². The molecule has 0 aliphatic rings. The van der Waals surface area contributed by atoms with E-state index >= 15 is 0 Å². The van der Waals surface area contributed by atoms with Gasteiger partial charge in [-0.1, -0.05) is 18.3 Å². The number of anilines is 1. The summed E-state index contributed by atoms with van der Waals surface area (Å²) in [5.41, 5.74) is 0. The van der Waals surface area contributed by atoms with Crippen LogP contribution in [0.15, 0.2) is 0 Å². The van der Waals surface area contributed by atoms with Crippen molar-refractivity contribution >= 4 is 27.3 Å². The highest BCUT2D eigenvalue weighted by Crippen LogP contribution is 2.30. The summed E-state index contributed by atoms with van der Waals surface area (Å²) in [4.78, 5) is 7.47. The molecule has 2 atom stereocenters. The normalized spacial score (nSPS) is 14.2. The van der Waals surface area contributed by atoms with E-state index in [1.165, 1.54) is 0 Å². The summed E-state index contributed by atoms with van der Waals surface area (Å²) in [7, 11) is 4.82. The molecule has 7 heteroatoms. The first-order chi connectivity index (χ1) is 8.95. The number of hydrogen-bond acceptors (Lipinski definition) is 6. The molecular formula is C12H23N3O2S2. The van der Waals surface area contributed by atoms with Gasteiger partial charge in [-0.05, 0) is 13.0 Å². The Morgan fingerprint density at radius 3 is 2.74 bits per heavy atom. The van der Waals surface area contributed by atoms with E-state index in [9.17, 15) is 4.21 Å². The lowest BCUT2D eigenvalue weighted by Gasteiger charge is -2.08. The van der Waals surface area contributed by atoms with Gasteiger partial charge in [-0.2, -0.15) is 4.98 Å². The van der Waals surface area contributed by atoms with Gasteiger partial charge in [0.2, 0.25) is 5.88 Å². The highest BCUT2D eigenvalue weighted by molar-refractivity contribution is 7.84. The van der Waals surface area contributed by atoms with E-state index in [1.807, 2.05) is 25.9 Å². The second kappa shape index (κ2) is 7.81. The summed E-state index contributed by atoms with van der Waals surface area (Å²) in [6.45, 7) is 3.59. The first-order valence-corrected chi connectivity index (χ1v) is 8.63. The summed E-state index contributed by atoms with van der Waals surface area (Å²) in [6, 6.07) is 0. The van der Waals surface area contributed by atoms with E-state index in [-0.39, 0.29) is 5.25 Å². The summed E-state index contributed by atoms with van der Waals surface area (Å²) in [6.07, 6.45) is 2.66. The number of methoxy groups -OCH3 is 1. The van der Waals surface area contributed by atoms with E-state index in [0.29, 0.717) is 5.88 Å². The van der Waals surface area contributed by atoms with Crippen LogP contribution in [0.4, 0.5) is 5.13 Å². The zero-order valence-electron chi connectivity index (χ0n) is 12.2. The maximum Gasteiger partial charge on any atom is 0.230 e. The van der Waals surface area contributed by atoms with Crippen molar-refractivity contribution in [2.45, 2.75) is 25.1 Å². The third kappa shape index (κ3) is 5.08. The SMILES string of the molecule is COc1nc(N(C)C)sc1CNCCC(C)S(C)=O. The smallest absolute Gasteiger partial charge is 0.230 e. The predicted octanol–water partition coefficient (Wildman–Crippen LogP) is 1.46. The molecule has 1 aromatic heterocycles. The molecule has 5 nitrogen and oxygen atoms in total. The second-order valence-corrected chi connectivity index (χ2v) is 7.46. The predicted molar refractivity (Wildman–Crippen MR) is 82.8 cm³/mol. The topological polar surface area (TPSA) is 54.5 Å². The highest BCUT2D eigenvalue weighted by Gasteiger charge is 2.13. The first kappa shape index (κ1) is 16.4. The average Bonchev–Trinajstić information content (AvgIpc) is 2.77. The second-order valence-electron chi connectivity index (χ2n) is 4.60. The number of ether oxygens (including phenoxy) is 1. The molecule has 2 unspecified atom stereocenters. The lowest BCUT2D eigenvalue weighted by atomic mass is 10.3. The molecule has 110 valence electrons. The van der Waals surface area contributed by atoms with Crippen molar-refractivity contribution in [2.75, 3.05) is 38.9 Å². The van der Waals surface area contributed by atoms with Gasteiger partial charge in [0.1, 0.15) is 0 Å². The van der Waals surface area contributed by atoms with Crippen molar-refractivity contribution in [2.24, 2.45) is 0 Å². The average molecular weight is 305 g/mol. The van der Waals surface area contributed by atoms with Crippen LogP contribution in [0.2, 0.25) is 0 Å². The number of rotatable bonds is 8. The fourth-order valence-electron chi connectivity index (χ4n) is 1.46. The molecule has 0 saturated heterocycles. The third-order valence-electron chi connectivity index (χ3n) is 2.81. The molecule has 0 amide bonds. The van der Waals surface area contributed by atoms with E-state index in [4.69, 9.17) is 4.74 Å². The molecule has 0 saturated carbocycles. The van der Waals surface area contributed by atoms with Gasteiger partial charge in [-0.25, -0.2) is 0 Å². The molecule has 0 aliphatic heterocycles. The minimum absolute atomic E-state index is 0.230. The van der Waals surface area contributed by atoms with Crippen molar-refractivity contribution in [1.82, 2.24) is 10.3 Å². The minimum atomic E-state index is -0.747. The number of thiazole rings is 1. The molecule has 0 aliphatic carbocycles. The van der Waals surface area contributed by atoms with Crippen LogP contribution in [0, 0.1) is 0 Å². The summed E-state index contributed by atoms with van der Waals surface area (Å²) in [5, 5.41) is 4.52. The molecule has 0 fully saturated rings. The fourth-order valence-corrected chi connectivity index (χ4v) is 2.83. The van der Waals surface area contributed by atoms with Crippen LogP contribution in [-0.4, -0.2) is 48.4 Å². The van der Waals surface area contributed by atoms with Crippen molar-refractivity contribution in [3.05, 3.63) is 4.88 Å². The van der Waals surface area contributed by atoms with Gasteiger partial charge < -0.3 is 15.0 Å². The van der Waals surface area contributed by atoms with Gasteiger partial charge in [0.25, 0.3) is 0 Å². The van der Waals surface area contributed by atoms with Crippen LogP contribution in [0.5, 0.6) is 5.88 Å². The third-order valence-corrected chi connectivity index (χ3v) is 5.38. The summed E-state index contributed by atoms with van der Waals surface area (Å²) < 4.78 is 16.5. The number of aromatic nitrogens is 1. The molecule has 19 heavy (non-hydrogen) atoms. The van der Waals surface area contributed by atoms with Gasteiger partial charge in [0, 0.05) is 42.9 Å². The molecule has 1 rings (SSSR count). The van der Waals surface area contributed by atoms with Crippen LogP contribution >= 0.6 is 11.3 Å². The van der Waals surface area contributed by atoms with E-state index < -0.39 is 10.8 Å². The Kier molecular flexibility index (Phi) is 6.74. The zero-order chi connectivity index (χ0) is 14.4. The zero-order valence-corrected chi connectivity index (χ0v) is 13.9. The molecule has 0 bridgehead atoms. The maximum absolute atomic E-state index is 11.2. The highest BCUT2D eigenvalue weighted by atomic mass is 32.2. The number of nitrogens with one attached hydrogen (secondary N) is 1. The maximum atomic E-state index is 11.2. The number of nitrogens with zero attached hydrogens (tertiary/aromatic N) is 2. The monoisotopic (exact) mass is 305 g/mol. The van der Waals surface area contributed by atoms with Crippen LogP contribution in [-0.2, 0) is 17.3 Å². The van der Waals surface area contributed by atoms with Crippen LogP contribution < -0.4 is 15.0 Å². The number of hydrogen-bond donors (Lipinski definition) is 1. The van der Waals surface area contributed by atoms with Crippen LogP contribution in [0.25, 0.3) is 0 Å². The summed E-state index contributed by atoms with van der Waals surface area (Å²) in [5.74, 6) is 0.688. The van der Waals surface area contributed by atoms with E-state index in [0.717, 1.165) is 29.5 Å². The lowest BCUT2D eigenvalue weighted by Crippen LogP contribution is -2.20. The van der Waals surface area contributed by atoms with Gasteiger partial charge in [-0.3, -0.25) is 4.21 Å². The Morgan fingerprint density at radius 2 is 2.21 bits per heavy atom. The Hall–Kier alpha value is -0.660. The molecule has 0 radical (unpaired) electrons. The Balaban J connectivity index is 2.46. The van der Waals surface area contributed by atoms with Crippen molar-refractivity contribution in [3.8, 4) is 5.88 Å². The van der Waals surface area contributed by atoms with Crippen molar-refractivity contribution < 1.29 is 8.95 Å². The Morgan fingerprint density at radius 1 is 1.53 bits per heavy atom.